The first kappa shape index (κ1) is 47.4. The molecule has 58 heavy (non-hydrogen) atoms. The topological polar surface area (TPSA) is 164 Å². The fraction of sp³-hybridized carbons (Fsp3) is 0.867. The van der Waals surface area contributed by atoms with Crippen molar-refractivity contribution < 1.29 is 46.5 Å². The predicted molar refractivity (Wildman–Crippen MR) is 234 cm³/mol. The molecular formula is C45H78N2O9S2. The second-order valence-corrected chi connectivity index (χ2v) is 21.2. The van der Waals surface area contributed by atoms with Gasteiger partial charge in [-0.3, -0.25) is 9.59 Å². The van der Waals surface area contributed by atoms with E-state index in [9.17, 15) is 29.4 Å². The summed E-state index contributed by atoms with van der Waals surface area (Å²) in [4.78, 5) is 45.5. The number of epoxide rings is 1. The van der Waals surface area contributed by atoms with Crippen LogP contribution in [0.15, 0.2) is 11.1 Å². The van der Waals surface area contributed by atoms with Gasteiger partial charge in [-0.2, -0.15) is 0 Å². The highest BCUT2D eigenvalue weighted by atomic mass is 33.1. The van der Waals surface area contributed by atoms with Gasteiger partial charge in [-0.25, -0.2) is 4.79 Å². The Labute approximate surface area is 358 Å². The molecule has 1 unspecified atom stereocenters. The summed E-state index contributed by atoms with van der Waals surface area (Å²) in [6.45, 7) is 10.5. The maximum absolute atomic E-state index is 12.1. The summed E-state index contributed by atoms with van der Waals surface area (Å²) < 4.78 is 17.7. The van der Waals surface area contributed by atoms with Crippen molar-refractivity contribution in [2.75, 3.05) is 32.1 Å². The van der Waals surface area contributed by atoms with Crippen LogP contribution in [-0.2, 0) is 33.4 Å². The summed E-state index contributed by atoms with van der Waals surface area (Å²) >= 11 is 0. The Kier molecular flexibility index (Phi) is 17.9. The monoisotopic (exact) mass is 855 g/mol. The van der Waals surface area contributed by atoms with E-state index in [0.717, 1.165) is 67.9 Å². The van der Waals surface area contributed by atoms with E-state index in [4.69, 9.17) is 14.2 Å². The minimum absolute atomic E-state index is 0. The van der Waals surface area contributed by atoms with Gasteiger partial charge in [0.1, 0.15) is 41.9 Å². The number of esters is 1. The predicted octanol–water partition coefficient (Wildman–Crippen LogP) is 8.03. The number of hydrogen-bond acceptors (Lipinski definition) is 11. The number of cyclic esters (lactones) is 1. The van der Waals surface area contributed by atoms with Crippen LogP contribution in [0.5, 0.6) is 0 Å². The highest BCUT2D eigenvalue weighted by Gasteiger charge is 2.78. The maximum atomic E-state index is 12.1. The van der Waals surface area contributed by atoms with E-state index in [0.29, 0.717) is 51.7 Å². The first-order valence-electron chi connectivity index (χ1n) is 22.7. The number of carbonyl (C=O) groups excluding carboxylic acids is 4. The van der Waals surface area contributed by atoms with Gasteiger partial charge in [0.2, 0.25) is 11.8 Å². The second-order valence-electron chi connectivity index (χ2n) is 18.4. The average molecular weight is 855 g/mol. The standard InChI is InChI=1S/C24H44N2O3S2.C21H30O6.2H2/c27-20-13-16-24(29)26-19-12-8-6-4-2-1-3-5-7-11-18-25-23(28)15-10-9-14-22-17-21-30-31-22;1-11(2)21-15(27-21)10-26-19(4)18(3)7-5-12-13(9-25-16(12)22)14(18)6-8-20(19,24)17(21)23;;/h20,22H,1-19,21H2,(H,25,28)(H,26,29);11,14-15,17,23-24H,5-10H2,1-4H3;2*1H/t;14-,15-,17-,18-,19+,20+,21-;;/m.0../s1. The number of aldehydes is 1. The Balaban J connectivity index is 0.000000311. The van der Waals surface area contributed by atoms with Gasteiger partial charge in [0.05, 0.1) is 6.61 Å². The third-order valence-corrected chi connectivity index (χ3v) is 17.6. The number of rotatable bonds is 22. The number of amides is 2. The van der Waals surface area contributed by atoms with E-state index in [1.807, 2.05) is 42.4 Å². The Morgan fingerprint density at radius 3 is 2.16 bits per heavy atom. The van der Waals surface area contributed by atoms with E-state index >= 15 is 0 Å². The molecule has 13 heteroatoms. The van der Waals surface area contributed by atoms with Crippen molar-refractivity contribution in [1.82, 2.24) is 10.6 Å². The van der Waals surface area contributed by atoms with Gasteiger partial charge in [0, 0.05) is 57.2 Å². The number of aliphatic hydroxyl groups excluding tert-OH is 1. The number of carbonyl (C=O) groups is 4. The lowest BCUT2D eigenvalue weighted by Gasteiger charge is -2.63. The van der Waals surface area contributed by atoms with Crippen molar-refractivity contribution in [1.29, 1.82) is 0 Å². The molecule has 0 spiro atoms. The number of nitrogens with one attached hydrogen (secondary N) is 2. The molecule has 8 atom stereocenters. The van der Waals surface area contributed by atoms with Crippen LogP contribution in [0, 0.1) is 17.3 Å². The minimum Gasteiger partial charge on any atom is -0.458 e. The number of hydrogen-bond donors (Lipinski definition) is 4. The fourth-order valence-electron chi connectivity index (χ4n) is 10.6. The quantitative estimate of drug-likeness (QED) is 0.0274. The average Bonchev–Trinajstić information content (AvgIpc) is 3.50. The Hall–Kier alpha value is -1.64. The Morgan fingerprint density at radius 1 is 0.914 bits per heavy atom. The number of aliphatic hydroxyl groups is 2. The van der Waals surface area contributed by atoms with Crippen LogP contribution in [0.25, 0.3) is 0 Å². The van der Waals surface area contributed by atoms with E-state index < -0.39 is 22.9 Å². The van der Waals surface area contributed by atoms with E-state index in [-0.39, 0.29) is 44.0 Å². The second kappa shape index (κ2) is 21.9. The Bertz CT molecular complexity index is 1440. The van der Waals surface area contributed by atoms with Gasteiger partial charge in [-0.1, -0.05) is 100 Å². The number of ether oxygens (including phenoxy) is 3. The van der Waals surface area contributed by atoms with Crippen LogP contribution >= 0.6 is 21.6 Å². The van der Waals surface area contributed by atoms with Gasteiger partial charge in [-0.05, 0) is 82.1 Å². The van der Waals surface area contributed by atoms with Crippen molar-refractivity contribution in [3.63, 3.8) is 0 Å². The molecular weight excluding hydrogens is 777 g/mol. The number of fused-ring (bicyclic) bond motifs is 5. The highest BCUT2D eigenvalue weighted by Crippen LogP contribution is 2.66. The normalized spacial score (nSPS) is 33.5. The summed E-state index contributed by atoms with van der Waals surface area (Å²) in [7, 11) is 4.02. The Morgan fingerprint density at radius 2 is 1.55 bits per heavy atom. The zero-order valence-electron chi connectivity index (χ0n) is 35.9. The molecule has 0 aromatic heterocycles. The summed E-state index contributed by atoms with van der Waals surface area (Å²) in [5.41, 5.74) is -1.53. The molecule has 1 saturated carbocycles. The fourth-order valence-corrected chi connectivity index (χ4v) is 13.6. The van der Waals surface area contributed by atoms with Crippen LogP contribution in [-0.4, -0.2) is 101 Å². The lowest BCUT2D eigenvalue weighted by Crippen LogP contribution is -2.74. The van der Waals surface area contributed by atoms with Crippen LogP contribution in [0.4, 0.5) is 0 Å². The SMILES string of the molecule is CC(C)[C@]12O[C@H]1CO[C@]1(C)[C@@]3(C)CCC4=C(COC4=O)[C@@H]3CC[C@@]1(O)[C@@H]2O.O=CCCC(=O)NCCCCCCCCCCCCNC(=O)CCCCC1CCSS1.[HH].[HH]. The molecule has 0 bridgehead atoms. The maximum Gasteiger partial charge on any atom is 0.334 e. The molecule has 11 nitrogen and oxygen atoms in total. The van der Waals surface area contributed by atoms with E-state index in [2.05, 4.69) is 17.6 Å². The third-order valence-electron chi connectivity index (χ3n) is 14.5. The molecule has 0 aromatic carbocycles. The summed E-state index contributed by atoms with van der Waals surface area (Å²) in [5.74, 6) is 1.53. The van der Waals surface area contributed by atoms with Gasteiger partial charge in [0.25, 0.3) is 0 Å². The van der Waals surface area contributed by atoms with E-state index in [1.54, 1.807) is 0 Å². The lowest BCUT2D eigenvalue weighted by atomic mass is 9.47. The molecule has 0 aromatic rings. The van der Waals surface area contributed by atoms with Gasteiger partial charge in [-0.15, -0.1) is 0 Å². The molecule has 4 N–H and O–H groups in total. The molecule has 6 rings (SSSR count). The molecule has 0 radical (unpaired) electrons. The van der Waals surface area contributed by atoms with Crippen molar-refractivity contribution in [3.8, 4) is 0 Å². The van der Waals surface area contributed by atoms with Crippen molar-refractivity contribution in [3.05, 3.63) is 11.1 Å². The molecule has 334 valence electrons. The molecule has 2 aliphatic carbocycles. The van der Waals surface area contributed by atoms with Crippen LogP contribution in [0.2, 0.25) is 0 Å². The zero-order chi connectivity index (χ0) is 41.8. The van der Waals surface area contributed by atoms with Crippen molar-refractivity contribution in [2.24, 2.45) is 17.3 Å². The molecule has 2 amide bonds. The number of unbranched alkanes of at least 4 members (excludes halogenated alkanes) is 10. The van der Waals surface area contributed by atoms with Crippen LogP contribution in [0.1, 0.15) is 165 Å². The van der Waals surface area contributed by atoms with Crippen molar-refractivity contribution in [2.45, 2.75) is 197 Å². The summed E-state index contributed by atoms with van der Waals surface area (Å²) in [6, 6.07) is 0. The third kappa shape index (κ3) is 10.9. The van der Waals surface area contributed by atoms with Crippen LogP contribution < -0.4 is 10.6 Å². The smallest absolute Gasteiger partial charge is 0.334 e. The van der Waals surface area contributed by atoms with E-state index in [1.165, 1.54) is 70.0 Å². The van der Waals surface area contributed by atoms with Crippen LogP contribution in [0.3, 0.4) is 0 Å². The lowest BCUT2D eigenvalue weighted by molar-refractivity contribution is -0.298. The zero-order valence-corrected chi connectivity index (χ0v) is 37.6. The summed E-state index contributed by atoms with van der Waals surface area (Å²) in [5, 5.41) is 30.1. The first-order chi connectivity index (χ1) is 27.8. The largest absolute Gasteiger partial charge is 0.458 e. The molecule has 3 saturated heterocycles. The molecule has 6 aliphatic rings. The van der Waals surface area contributed by atoms with Gasteiger partial charge < -0.3 is 39.9 Å². The first-order valence-corrected chi connectivity index (χ1v) is 25.1. The highest BCUT2D eigenvalue weighted by molar-refractivity contribution is 8.77. The molecule has 4 fully saturated rings. The molecule has 4 heterocycles. The summed E-state index contributed by atoms with van der Waals surface area (Å²) in [6.07, 6.45) is 20.4. The molecule has 4 aliphatic heterocycles. The minimum atomic E-state index is -1.39. The van der Waals surface area contributed by atoms with Gasteiger partial charge in [0.15, 0.2) is 0 Å². The van der Waals surface area contributed by atoms with Crippen molar-refractivity contribution >= 4 is 45.7 Å². The van der Waals surface area contributed by atoms with Gasteiger partial charge >= 0.3 is 5.97 Å².